The summed E-state index contributed by atoms with van der Waals surface area (Å²) in [7, 11) is 0. The lowest BCUT2D eigenvalue weighted by atomic mass is 10.2. The van der Waals surface area contributed by atoms with Gasteiger partial charge in [-0.05, 0) is 36.8 Å². The van der Waals surface area contributed by atoms with Crippen molar-refractivity contribution in [3.8, 4) is 5.75 Å². The molecule has 6 nitrogen and oxygen atoms in total. The molecule has 1 aromatic carbocycles. The van der Waals surface area contributed by atoms with Crippen LogP contribution in [-0.2, 0) is 11.3 Å². The van der Waals surface area contributed by atoms with E-state index in [1.165, 1.54) is 23.9 Å². The fourth-order valence-corrected chi connectivity index (χ4v) is 1.75. The summed E-state index contributed by atoms with van der Waals surface area (Å²) in [6.07, 6.45) is 1.18. The second-order valence-corrected chi connectivity index (χ2v) is 4.39. The van der Waals surface area contributed by atoms with E-state index in [-0.39, 0.29) is 17.9 Å². The number of esters is 1. The molecule has 0 saturated carbocycles. The SMILES string of the molecule is CCOC(=O)c1ccc(C(=O)O)nc1.c1cc2cc(c1)OC2. The van der Waals surface area contributed by atoms with E-state index in [0.717, 1.165) is 12.4 Å². The Hall–Kier alpha value is -2.89. The van der Waals surface area contributed by atoms with Crippen LogP contribution in [0, 0.1) is 0 Å². The molecule has 2 heterocycles. The van der Waals surface area contributed by atoms with Crippen molar-refractivity contribution < 1.29 is 24.2 Å². The van der Waals surface area contributed by atoms with Gasteiger partial charge < -0.3 is 14.6 Å². The number of rotatable bonds is 3. The molecule has 6 heteroatoms. The Morgan fingerprint density at radius 3 is 2.68 bits per heavy atom. The van der Waals surface area contributed by atoms with Crippen LogP contribution in [0.3, 0.4) is 0 Å². The van der Waals surface area contributed by atoms with Crippen molar-refractivity contribution in [1.29, 1.82) is 0 Å². The molecular weight excluding hydrogens is 286 g/mol. The molecule has 0 radical (unpaired) electrons. The third-order valence-corrected chi connectivity index (χ3v) is 2.80. The standard InChI is InChI=1S/C9H9NO4.C7H6O/c1-2-14-9(13)6-3-4-7(8(11)12)10-5-6;1-2-6-4-7(3-1)8-5-6/h3-5H,2H2,1H3,(H,11,12);1-4H,5H2. The Balaban J connectivity index is 0.000000183. The minimum absolute atomic E-state index is 0.0990. The molecule has 2 aromatic rings. The van der Waals surface area contributed by atoms with Crippen molar-refractivity contribution in [3.63, 3.8) is 0 Å². The molecule has 3 rings (SSSR count). The summed E-state index contributed by atoms with van der Waals surface area (Å²) in [5, 5.41) is 8.54. The number of benzene rings is 1. The third kappa shape index (κ3) is 4.05. The lowest BCUT2D eigenvalue weighted by molar-refractivity contribution is 0.0524. The van der Waals surface area contributed by atoms with Crippen LogP contribution in [0.15, 0.2) is 42.6 Å². The number of hydrogen-bond donors (Lipinski definition) is 1. The zero-order valence-corrected chi connectivity index (χ0v) is 12.0. The van der Waals surface area contributed by atoms with Gasteiger partial charge in [0.05, 0.1) is 12.2 Å². The second-order valence-electron chi connectivity index (χ2n) is 4.39. The Bertz CT molecular complexity index is 647. The molecule has 0 unspecified atom stereocenters. The number of aromatic nitrogens is 1. The highest BCUT2D eigenvalue weighted by Gasteiger charge is 2.09. The van der Waals surface area contributed by atoms with Crippen LogP contribution in [-0.4, -0.2) is 28.6 Å². The number of fused-ring (bicyclic) bond motifs is 2. The summed E-state index contributed by atoms with van der Waals surface area (Å²) < 4.78 is 9.88. The first-order valence-electron chi connectivity index (χ1n) is 6.68. The predicted octanol–water partition coefficient (Wildman–Crippen LogP) is 2.54. The van der Waals surface area contributed by atoms with Crippen molar-refractivity contribution in [2.75, 3.05) is 6.61 Å². The first-order chi connectivity index (χ1) is 10.6. The monoisotopic (exact) mass is 301 g/mol. The largest absolute Gasteiger partial charge is 0.489 e. The van der Waals surface area contributed by atoms with Crippen LogP contribution in [0.5, 0.6) is 5.75 Å². The van der Waals surface area contributed by atoms with Gasteiger partial charge in [-0.1, -0.05) is 12.1 Å². The highest BCUT2D eigenvalue weighted by atomic mass is 16.5. The van der Waals surface area contributed by atoms with Gasteiger partial charge in [-0.2, -0.15) is 0 Å². The molecule has 0 fully saturated rings. The summed E-state index contributed by atoms with van der Waals surface area (Å²) in [6.45, 7) is 2.73. The maximum atomic E-state index is 11.1. The van der Waals surface area contributed by atoms with Gasteiger partial charge in [0, 0.05) is 6.20 Å². The number of carbonyl (C=O) groups excluding carboxylic acids is 1. The van der Waals surface area contributed by atoms with Crippen LogP contribution in [0.4, 0.5) is 0 Å². The van der Waals surface area contributed by atoms with Gasteiger partial charge in [-0.25, -0.2) is 14.6 Å². The van der Waals surface area contributed by atoms with Crippen molar-refractivity contribution >= 4 is 11.9 Å². The summed E-state index contributed by atoms with van der Waals surface area (Å²) in [5.41, 5.74) is 1.43. The Kier molecular flexibility index (Phi) is 5.08. The number of aromatic carboxylic acids is 1. The zero-order valence-electron chi connectivity index (χ0n) is 12.0. The molecule has 1 N–H and O–H groups in total. The van der Waals surface area contributed by atoms with E-state index in [0.29, 0.717) is 0 Å². The molecule has 1 aliphatic rings. The van der Waals surface area contributed by atoms with Crippen molar-refractivity contribution in [2.45, 2.75) is 13.5 Å². The fourth-order valence-electron chi connectivity index (χ4n) is 1.75. The average Bonchev–Trinajstić information content (AvgIpc) is 2.86. The van der Waals surface area contributed by atoms with E-state index in [2.05, 4.69) is 17.1 Å². The number of pyridine rings is 1. The quantitative estimate of drug-likeness (QED) is 0.877. The van der Waals surface area contributed by atoms with Gasteiger partial charge in [-0.3, -0.25) is 0 Å². The summed E-state index contributed by atoms with van der Waals surface area (Å²) >= 11 is 0. The number of carbonyl (C=O) groups is 2. The zero-order chi connectivity index (χ0) is 15.9. The van der Waals surface area contributed by atoms with Gasteiger partial charge in [0.2, 0.25) is 0 Å². The number of carboxylic acid groups (broad SMARTS) is 1. The maximum absolute atomic E-state index is 11.1. The van der Waals surface area contributed by atoms with Crippen LogP contribution in [0.25, 0.3) is 0 Å². The molecular formula is C16H15NO5. The van der Waals surface area contributed by atoms with Gasteiger partial charge in [0.25, 0.3) is 0 Å². The topological polar surface area (TPSA) is 85.7 Å². The predicted molar refractivity (Wildman–Crippen MR) is 77.9 cm³/mol. The summed E-state index contributed by atoms with van der Waals surface area (Å²) in [4.78, 5) is 25.1. The molecule has 2 bridgehead atoms. The Labute approximate surface area is 127 Å². The van der Waals surface area contributed by atoms with E-state index in [4.69, 9.17) is 14.6 Å². The van der Waals surface area contributed by atoms with Crippen molar-refractivity contribution in [3.05, 3.63) is 59.4 Å². The minimum atomic E-state index is -1.12. The van der Waals surface area contributed by atoms with Gasteiger partial charge in [0.1, 0.15) is 18.1 Å². The van der Waals surface area contributed by atoms with Gasteiger partial charge in [-0.15, -0.1) is 0 Å². The van der Waals surface area contributed by atoms with E-state index >= 15 is 0 Å². The van der Waals surface area contributed by atoms with Crippen molar-refractivity contribution in [2.24, 2.45) is 0 Å². The second kappa shape index (κ2) is 7.21. The van der Waals surface area contributed by atoms with Crippen molar-refractivity contribution in [1.82, 2.24) is 4.98 Å². The minimum Gasteiger partial charge on any atom is -0.489 e. The molecule has 0 spiro atoms. The average molecular weight is 301 g/mol. The molecule has 0 saturated heterocycles. The van der Waals surface area contributed by atoms with Gasteiger partial charge in [0.15, 0.2) is 0 Å². The van der Waals surface area contributed by atoms with E-state index < -0.39 is 11.9 Å². The molecule has 114 valence electrons. The van der Waals surface area contributed by atoms with E-state index in [1.54, 1.807) is 6.92 Å². The number of hydrogen-bond acceptors (Lipinski definition) is 5. The number of ether oxygens (including phenoxy) is 2. The smallest absolute Gasteiger partial charge is 0.354 e. The summed E-state index contributed by atoms with van der Waals surface area (Å²) in [6, 6.07) is 10.7. The van der Waals surface area contributed by atoms with Crippen LogP contribution < -0.4 is 4.74 Å². The highest BCUT2D eigenvalue weighted by Crippen LogP contribution is 2.20. The number of carboxylic acids is 1. The van der Waals surface area contributed by atoms with Crippen LogP contribution in [0.1, 0.15) is 33.3 Å². The normalized spacial score (nSPS) is 11.0. The summed E-state index contributed by atoms with van der Waals surface area (Å²) in [5.74, 6) is -0.625. The van der Waals surface area contributed by atoms with Crippen LogP contribution >= 0.6 is 0 Å². The number of nitrogens with zero attached hydrogens (tertiary/aromatic N) is 1. The van der Waals surface area contributed by atoms with E-state index in [1.807, 2.05) is 12.1 Å². The Morgan fingerprint density at radius 1 is 1.32 bits per heavy atom. The molecule has 0 atom stereocenters. The van der Waals surface area contributed by atoms with E-state index in [9.17, 15) is 9.59 Å². The van der Waals surface area contributed by atoms with Gasteiger partial charge >= 0.3 is 11.9 Å². The maximum Gasteiger partial charge on any atom is 0.354 e. The first kappa shape index (κ1) is 15.5. The lowest BCUT2D eigenvalue weighted by Gasteiger charge is -2.00. The molecule has 22 heavy (non-hydrogen) atoms. The first-order valence-corrected chi connectivity index (χ1v) is 6.68. The molecule has 1 aliphatic heterocycles. The Morgan fingerprint density at radius 2 is 2.14 bits per heavy atom. The highest BCUT2D eigenvalue weighted by molar-refractivity contribution is 5.90. The molecule has 1 aromatic heterocycles. The van der Waals surface area contributed by atoms with Crippen LogP contribution in [0.2, 0.25) is 0 Å². The molecule has 0 amide bonds. The third-order valence-electron chi connectivity index (χ3n) is 2.80. The molecule has 0 aliphatic carbocycles. The lowest BCUT2D eigenvalue weighted by Crippen LogP contribution is -2.07. The fraction of sp³-hybridized carbons (Fsp3) is 0.188.